The molecule has 1 unspecified atom stereocenters. The summed E-state index contributed by atoms with van der Waals surface area (Å²) < 4.78 is 57.9. The molecular formula is C52H38F4N2O. The van der Waals surface area contributed by atoms with Crippen molar-refractivity contribution in [3.8, 4) is 0 Å². The van der Waals surface area contributed by atoms with E-state index in [4.69, 9.17) is 0 Å². The molecule has 8 aromatic carbocycles. The molecule has 0 fully saturated rings. The second-order valence-corrected chi connectivity index (χ2v) is 15.1. The molecular weight excluding hydrogens is 745 g/mol. The van der Waals surface area contributed by atoms with Crippen molar-refractivity contribution in [3.63, 3.8) is 0 Å². The van der Waals surface area contributed by atoms with Crippen LogP contribution in [0.25, 0.3) is 10.8 Å². The fourth-order valence-corrected chi connectivity index (χ4v) is 8.51. The standard InChI is InChI=1S/C52H38F4N2O/c1-32-6-26-42(27-7-32)57(49(34-10-18-38(53)19-11-34)35-12-20-39(54)21-13-35)47-31-30-46-48-44(47)4-3-5-45(48)51(52(46)59)58(43-28-8-33(2)9-29-43)50(36-14-22-40(55)23-15-36)37-16-24-41(56)25-17-37/h3-31,49-51H,1-2H3. The minimum Gasteiger partial charge on any atom is -0.346 e. The van der Waals surface area contributed by atoms with E-state index in [0.717, 1.165) is 66.8 Å². The summed E-state index contributed by atoms with van der Waals surface area (Å²) in [6.07, 6.45) is 0. The van der Waals surface area contributed by atoms with E-state index in [1.54, 1.807) is 48.5 Å². The molecule has 7 heteroatoms. The predicted octanol–water partition coefficient (Wildman–Crippen LogP) is 13.5. The molecule has 0 bridgehead atoms. The summed E-state index contributed by atoms with van der Waals surface area (Å²) in [4.78, 5) is 19.4. The summed E-state index contributed by atoms with van der Waals surface area (Å²) in [7, 11) is 0. The van der Waals surface area contributed by atoms with Crippen LogP contribution >= 0.6 is 0 Å². The topological polar surface area (TPSA) is 23.6 Å². The summed E-state index contributed by atoms with van der Waals surface area (Å²) in [5, 5.41) is 1.60. The number of Topliss-reactive ketones (excluding diaryl/α,β-unsaturated/α-hetero) is 1. The Hall–Kier alpha value is -6.99. The molecule has 0 amide bonds. The quantitative estimate of drug-likeness (QED) is 0.129. The number of ketones is 1. The van der Waals surface area contributed by atoms with Crippen molar-refractivity contribution < 1.29 is 22.4 Å². The largest absolute Gasteiger partial charge is 0.346 e. The third-order valence-electron chi connectivity index (χ3n) is 11.3. The zero-order valence-electron chi connectivity index (χ0n) is 32.3. The van der Waals surface area contributed by atoms with Gasteiger partial charge in [0.2, 0.25) is 0 Å². The van der Waals surface area contributed by atoms with E-state index in [9.17, 15) is 17.6 Å². The molecule has 0 heterocycles. The van der Waals surface area contributed by atoms with Crippen molar-refractivity contribution in [2.24, 2.45) is 0 Å². The Morgan fingerprint density at radius 3 is 1.34 bits per heavy atom. The summed E-state index contributed by atoms with van der Waals surface area (Å²) in [6.45, 7) is 4.01. The van der Waals surface area contributed by atoms with Crippen molar-refractivity contribution in [1.29, 1.82) is 0 Å². The lowest BCUT2D eigenvalue weighted by Crippen LogP contribution is -2.36. The highest BCUT2D eigenvalue weighted by Crippen LogP contribution is 2.51. The number of halogens is 4. The van der Waals surface area contributed by atoms with Gasteiger partial charge in [-0.1, -0.05) is 102 Å². The minimum atomic E-state index is -0.829. The molecule has 3 nitrogen and oxygen atoms in total. The van der Waals surface area contributed by atoms with Crippen LogP contribution in [0.1, 0.15) is 67.4 Å². The smallest absolute Gasteiger partial charge is 0.190 e. The first-order valence-corrected chi connectivity index (χ1v) is 19.5. The average molecular weight is 783 g/mol. The number of benzene rings is 8. The van der Waals surface area contributed by atoms with Crippen molar-refractivity contribution in [3.05, 3.63) is 244 Å². The molecule has 0 saturated heterocycles. The van der Waals surface area contributed by atoms with Crippen LogP contribution in [0.5, 0.6) is 0 Å². The van der Waals surface area contributed by atoms with E-state index in [2.05, 4.69) is 9.80 Å². The molecule has 0 spiro atoms. The minimum absolute atomic E-state index is 0.118. The maximum Gasteiger partial charge on any atom is 0.190 e. The molecule has 9 rings (SSSR count). The van der Waals surface area contributed by atoms with Crippen LogP contribution in [0.15, 0.2) is 176 Å². The SMILES string of the molecule is Cc1ccc(N(c2ccc3c4c(cccc24)C(N(c2ccc(C)cc2)C(c2ccc(F)cc2)c2ccc(F)cc2)C3=O)C(c2ccc(F)cc2)c2ccc(F)cc2)cc1. The molecule has 290 valence electrons. The van der Waals surface area contributed by atoms with Gasteiger partial charge in [0.25, 0.3) is 0 Å². The Balaban J connectivity index is 1.28. The zero-order valence-corrected chi connectivity index (χ0v) is 32.3. The molecule has 0 saturated carbocycles. The molecule has 0 aromatic heterocycles. The maximum atomic E-state index is 15.2. The van der Waals surface area contributed by atoms with Gasteiger partial charge in [-0.05, 0) is 127 Å². The summed E-state index contributed by atoms with van der Waals surface area (Å²) in [5.41, 5.74) is 8.82. The van der Waals surface area contributed by atoms with Gasteiger partial charge in [0.05, 0.1) is 12.1 Å². The van der Waals surface area contributed by atoms with Gasteiger partial charge < -0.3 is 9.80 Å². The molecule has 1 aliphatic rings. The lowest BCUT2D eigenvalue weighted by Gasteiger charge is -2.39. The van der Waals surface area contributed by atoms with Crippen molar-refractivity contribution >= 4 is 33.6 Å². The summed E-state index contributed by atoms with van der Waals surface area (Å²) >= 11 is 0. The van der Waals surface area contributed by atoms with Gasteiger partial charge in [-0.25, -0.2) is 17.6 Å². The highest BCUT2D eigenvalue weighted by Gasteiger charge is 2.42. The first kappa shape index (κ1) is 37.6. The highest BCUT2D eigenvalue weighted by molar-refractivity contribution is 6.21. The second kappa shape index (κ2) is 15.4. The number of carbonyl (C=O) groups excluding carboxylic acids is 1. The van der Waals surface area contributed by atoms with E-state index in [0.29, 0.717) is 5.56 Å². The number of hydrogen-bond donors (Lipinski definition) is 0. The number of nitrogens with zero attached hydrogens (tertiary/aromatic N) is 2. The number of hydrogen-bond acceptors (Lipinski definition) is 3. The number of rotatable bonds is 10. The Labute approximate surface area is 340 Å². The van der Waals surface area contributed by atoms with E-state index >= 15 is 4.79 Å². The van der Waals surface area contributed by atoms with E-state index in [1.807, 2.05) is 92.7 Å². The predicted molar refractivity (Wildman–Crippen MR) is 227 cm³/mol. The Bertz CT molecular complexity index is 2700. The average Bonchev–Trinajstić information content (AvgIpc) is 3.53. The Morgan fingerprint density at radius 2 is 0.881 bits per heavy atom. The van der Waals surface area contributed by atoms with Crippen LogP contribution in [0.3, 0.4) is 0 Å². The third kappa shape index (κ3) is 7.03. The van der Waals surface area contributed by atoms with Gasteiger partial charge in [0, 0.05) is 33.4 Å². The van der Waals surface area contributed by atoms with Crippen LogP contribution < -0.4 is 9.80 Å². The van der Waals surface area contributed by atoms with Crippen LogP contribution in [0.2, 0.25) is 0 Å². The summed E-state index contributed by atoms with van der Waals surface area (Å²) in [6, 6.07) is 48.9. The van der Waals surface area contributed by atoms with Gasteiger partial charge in [-0.15, -0.1) is 0 Å². The molecule has 0 radical (unpaired) electrons. The first-order valence-electron chi connectivity index (χ1n) is 19.5. The zero-order chi connectivity index (χ0) is 40.8. The molecule has 59 heavy (non-hydrogen) atoms. The summed E-state index contributed by atoms with van der Waals surface area (Å²) in [5.74, 6) is -1.66. The molecule has 8 aromatic rings. The molecule has 1 aliphatic carbocycles. The van der Waals surface area contributed by atoms with Crippen molar-refractivity contribution in [2.75, 3.05) is 9.80 Å². The second-order valence-electron chi connectivity index (χ2n) is 15.1. The van der Waals surface area contributed by atoms with Gasteiger partial charge in [0.1, 0.15) is 29.3 Å². The van der Waals surface area contributed by atoms with Gasteiger partial charge in [-0.2, -0.15) is 0 Å². The molecule has 0 N–H and O–H groups in total. The van der Waals surface area contributed by atoms with Gasteiger partial charge in [0.15, 0.2) is 5.78 Å². The van der Waals surface area contributed by atoms with Crippen LogP contribution in [0.4, 0.5) is 34.6 Å². The number of aryl methyl sites for hydroxylation is 2. The highest BCUT2D eigenvalue weighted by atomic mass is 19.1. The fourth-order valence-electron chi connectivity index (χ4n) is 8.51. The van der Waals surface area contributed by atoms with Crippen LogP contribution in [-0.2, 0) is 0 Å². The van der Waals surface area contributed by atoms with E-state index < -0.39 is 29.8 Å². The first-order chi connectivity index (χ1) is 28.6. The van der Waals surface area contributed by atoms with Crippen molar-refractivity contribution in [1.82, 2.24) is 0 Å². The number of anilines is 3. The van der Waals surface area contributed by atoms with Crippen molar-refractivity contribution in [2.45, 2.75) is 32.0 Å². The van der Waals surface area contributed by atoms with Crippen LogP contribution in [0, 0.1) is 37.1 Å². The van der Waals surface area contributed by atoms with Gasteiger partial charge in [-0.3, -0.25) is 4.79 Å². The third-order valence-corrected chi connectivity index (χ3v) is 11.3. The van der Waals surface area contributed by atoms with E-state index in [1.165, 1.54) is 48.5 Å². The molecule has 0 aliphatic heterocycles. The monoisotopic (exact) mass is 782 g/mol. The van der Waals surface area contributed by atoms with E-state index in [-0.39, 0.29) is 17.4 Å². The lowest BCUT2D eigenvalue weighted by atomic mass is 9.92. The lowest BCUT2D eigenvalue weighted by molar-refractivity contribution is 0.0963. The maximum absolute atomic E-state index is 15.2. The number of carbonyl (C=O) groups is 1. The molecule has 1 atom stereocenters. The van der Waals surface area contributed by atoms with Gasteiger partial charge >= 0.3 is 0 Å². The van der Waals surface area contributed by atoms with Crippen LogP contribution in [-0.4, -0.2) is 5.78 Å². The Morgan fingerprint density at radius 1 is 0.458 bits per heavy atom. The fraction of sp³-hybridized carbons (Fsp3) is 0.0962. The normalized spacial score (nSPS) is 13.4. The Kier molecular flexibility index (Phi) is 9.81.